The summed E-state index contributed by atoms with van der Waals surface area (Å²) in [4.78, 5) is 43.1. The van der Waals surface area contributed by atoms with Crippen LogP contribution in [0.1, 0.15) is 247 Å². The summed E-state index contributed by atoms with van der Waals surface area (Å²) in [7, 11) is 0. The molecule has 0 radical (unpaired) electrons. The van der Waals surface area contributed by atoms with Crippen LogP contribution in [0.5, 0.6) is 5.75 Å². The first-order valence-electron chi connectivity index (χ1n) is 34.1. The number of carbonyl (C=O) groups excluding carboxylic acids is 1. The van der Waals surface area contributed by atoms with E-state index in [1.807, 2.05) is 41.5 Å². The van der Waals surface area contributed by atoms with Crippen molar-refractivity contribution in [2.24, 2.45) is 0 Å². The van der Waals surface area contributed by atoms with Crippen LogP contribution in [0.15, 0.2) is 36.4 Å². The maximum absolute atomic E-state index is 11.2. The summed E-state index contributed by atoms with van der Waals surface area (Å²) < 4.78 is 67.8. The van der Waals surface area contributed by atoms with Crippen molar-refractivity contribution in [3.63, 3.8) is 0 Å². The molecule has 0 bridgehead atoms. The number of carbonyl (C=O) groups is 4. The summed E-state index contributed by atoms with van der Waals surface area (Å²) in [6, 6.07) is 6.35. The minimum absolute atomic E-state index is 0.00115. The molecule has 0 amide bonds. The molecule has 1 aromatic carbocycles. The van der Waals surface area contributed by atoms with Gasteiger partial charge < -0.3 is 72.2 Å². The van der Waals surface area contributed by atoms with Crippen molar-refractivity contribution in [1.29, 1.82) is 0 Å². The van der Waals surface area contributed by atoms with Gasteiger partial charge in [-0.3, -0.25) is 9.59 Å². The highest BCUT2D eigenvalue weighted by Gasteiger charge is 2.21. The van der Waals surface area contributed by atoms with E-state index in [4.69, 9.17) is 72.2 Å². The molecular formula is C70H128O19. The SMILES string of the molecule is C=C(C)C(=O)OCCOC(CC)CC(C)OCCC(=O)O.CCCCCCCCCCCCCCCCCCOCCOC(C)CC(CC)OCCC(=O)O.CCOCCOC(CC(C)OCCOC(C)C)CC(CC)OCCOc1ccc(C(=O)O)cc1. The van der Waals surface area contributed by atoms with E-state index in [-0.39, 0.29) is 87.1 Å². The van der Waals surface area contributed by atoms with E-state index in [1.54, 1.807) is 19.1 Å². The zero-order valence-corrected chi connectivity index (χ0v) is 57.6. The van der Waals surface area contributed by atoms with Crippen LogP contribution >= 0.6 is 0 Å². The van der Waals surface area contributed by atoms with Crippen molar-refractivity contribution in [3.05, 3.63) is 42.0 Å². The molecule has 0 aliphatic rings. The molecular weight excluding hydrogens is 1140 g/mol. The van der Waals surface area contributed by atoms with Crippen LogP contribution in [0.4, 0.5) is 0 Å². The lowest BCUT2D eigenvalue weighted by Crippen LogP contribution is -2.29. The molecule has 89 heavy (non-hydrogen) atoms. The molecule has 522 valence electrons. The Balaban J connectivity index is 0. The Kier molecular flexibility index (Phi) is 61.8. The summed E-state index contributed by atoms with van der Waals surface area (Å²) in [6.07, 6.45) is 28.1. The van der Waals surface area contributed by atoms with Crippen molar-refractivity contribution in [2.75, 3.05) is 92.5 Å². The van der Waals surface area contributed by atoms with Gasteiger partial charge in [-0.15, -0.1) is 0 Å². The van der Waals surface area contributed by atoms with Crippen LogP contribution in [0.3, 0.4) is 0 Å². The Hall–Kier alpha value is -3.76. The zero-order valence-electron chi connectivity index (χ0n) is 57.6. The molecule has 0 aliphatic heterocycles. The third-order valence-electron chi connectivity index (χ3n) is 14.4. The van der Waals surface area contributed by atoms with E-state index >= 15 is 0 Å². The van der Waals surface area contributed by atoms with Gasteiger partial charge in [0.05, 0.1) is 133 Å². The molecule has 0 heterocycles. The highest BCUT2D eigenvalue weighted by atomic mass is 16.6. The Morgan fingerprint density at radius 1 is 0.416 bits per heavy atom. The number of carboxylic acids is 3. The average Bonchev–Trinajstić information content (AvgIpc) is 3.65. The Morgan fingerprint density at radius 3 is 1.26 bits per heavy atom. The topological polar surface area (TPSA) is 240 Å². The van der Waals surface area contributed by atoms with Gasteiger partial charge in [-0.1, -0.05) is 131 Å². The molecule has 1 aromatic rings. The molecule has 0 saturated heterocycles. The molecule has 19 nitrogen and oxygen atoms in total. The van der Waals surface area contributed by atoms with Gasteiger partial charge in [0.1, 0.15) is 19.0 Å². The summed E-state index contributed by atoms with van der Waals surface area (Å²) in [6.45, 7) is 32.2. The molecule has 19 heteroatoms. The van der Waals surface area contributed by atoms with Crippen molar-refractivity contribution >= 4 is 23.9 Å². The fraction of sp³-hybridized carbons (Fsp3) is 0.829. The maximum Gasteiger partial charge on any atom is 0.335 e. The molecule has 7 atom stereocenters. The lowest BCUT2D eigenvalue weighted by Gasteiger charge is -2.26. The number of benzene rings is 1. The van der Waals surface area contributed by atoms with E-state index in [9.17, 15) is 19.2 Å². The molecule has 0 fully saturated rings. The van der Waals surface area contributed by atoms with Gasteiger partial charge in [0.15, 0.2) is 0 Å². The third-order valence-corrected chi connectivity index (χ3v) is 14.4. The van der Waals surface area contributed by atoms with Crippen LogP contribution in [0.2, 0.25) is 0 Å². The summed E-state index contributed by atoms with van der Waals surface area (Å²) in [5, 5.41) is 26.2. The largest absolute Gasteiger partial charge is 0.491 e. The minimum atomic E-state index is -0.956. The first-order valence-corrected chi connectivity index (χ1v) is 34.1. The molecule has 0 aliphatic carbocycles. The van der Waals surface area contributed by atoms with Gasteiger partial charge in [-0.2, -0.15) is 0 Å². The highest BCUT2D eigenvalue weighted by Crippen LogP contribution is 2.19. The normalized spacial score (nSPS) is 13.7. The quantitative estimate of drug-likeness (QED) is 0.0312. The number of aliphatic carboxylic acids is 2. The van der Waals surface area contributed by atoms with Crippen LogP contribution in [-0.4, -0.2) is 181 Å². The van der Waals surface area contributed by atoms with Gasteiger partial charge in [0.25, 0.3) is 0 Å². The molecule has 0 saturated carbocycles. The van der Waals surface area contributed by atoms with Crippen molar-refractivity contribution in [3.8, 4) is 5.75 Å². The first-order chi connectivity index (χ1) is 42.8. The number of rotatable bonds is 61. The van der Waals surface area contributed by atoms with Gasteiger partial charge in [0.2, 0.25) is 0 Å². The summed E-state index contributed by atoms with van der Waals surface area (Å²) in [5.74, 6) is -2.45. The average molecular weight is 1270 g/mol. The lowest BCUT2D eigenvalue weighted by atomic mass is 10.0. The maximum atomic E-state index is 11.2. The smallest absolute Gasteiger partial charge is 0.335 e. The second kappa shape index (κ2) is 63.0. The second-order valence-electron chi connectivity index (χ2n) is 23.1. The molecule has 3 N–H and O–H groups in total. The summed E-state index contributed by atoms with van der Waals surface area (Å²) in [5.41, 5.74) is 0.596. The van der Waals surface area contributed by atoms with E-state index in [1.165, 1.54) is 108 Å². The van der Waals surface area contributed by atoms with E-state index in [0.29, 0.717) is 83.8 Å². The van der Waals surface area contributed by atoms with E-state index < -0.39 is 23.9 Å². The van der Waals surface area contributed by atoms with E-state index in [0.717, 1.165) is 51.6 Å². The molecule has 0 spiro atoms. The Bertz CT molecular complexity index is 1780. The Morgan fingerprint density at radius 2 is 0.798 bits per heavy atom. The van der Waals surface area contributed by atoms with Gasteiger partial charge in [0, 0.05) is 18.8 Å². The number of hydrogen-bond donors (Lipinski definition) is 3. The first kappa shape index (κ1) is 87.3. The molecule has 1 rings (SSSR count). The number of hydrogen-bond acceptors (Lipinski definition) is 16. The summed E-state index contributed by atoms with van der Waals surface area (Å²) >= 11 is 0. The minimum Gasteiger partial charge on any atom is -0.491 e. The van der Waals surface area contributed by atoms with E-state index in [2.05, 4.69) is 34.3 Å². The number of carboxylic acid groups (broad SMARTS) is 3. The van der Waals surface area contributed by atoms with Crippen LogP contribution in [-0.2, 0) is 66.5 Å². The number of aromatic carboxylic acids is 1. The number of ether oxygens (including phenoxy) is 12. The fourth-order valence-corrected chi connectivity index (χ4v) is 9.21. The number of esters is 1. The number of unbranched alkanes of at least 4 members (excludes halogenated alkanes) is 15. The van der Waals surface area contributed by atoms with Crippen LogP contribution in [0, 0.1) is 0 Å². The van der Waals surface area contributed by atoms with Gasteiger partial charge in [-0.25, -0.2) is 9.59 Å². The van der Waals surface area contributed by atoms with Gasteiger partial charge >= 0.3 is 23.9 Å². The monoisotopic (exact) mass is 1270 g/mol. The lowest BCUT2D eigenvalue weighted by molar-refractivity contribution is -0.142. The standard InChI is InChI=1S/C29H58O5.C26H44O8.C15H26O6/c1-4-6-7-8-9-10-11-12-13-14-15-16-17-18-19-20-22-32-24-25-33-27(3)26-28(5-2)34-23-21-29(30)31;1-6-23(32-16-17-33-24-10-8-22(9-11-24)26(27)28)19-25(34-13-12-29-7-2)18-21(5)31-15-14-30-20(3)4;1-5-13(10-12(4)19-7-6-14(16)17)20-8-9-21-15(18)11(2)3/h27-28H,4-26H2,1-3H3,(H,30,31);8-11,20-21,23,25H,6-7,12-19H2,1-5H3,(H,27,28);12-13H,2,5-10H2,1,3-4H3,(H,16,17). The second-order valence-corrected chi connectivity index (χ2v) is 23.1. The third kappa shape index (κ3) is 60.3. The van der Waals surface area contributed by atoms with Crippen molar-refractivity contribution in [1.82, 2.24) is 0 Å². The van der Waals surface area contributed by atoms with Crippen LogP contribution < -0.4 is 4.74 Å². The van der Waals surface area contributed by atoms with Crippen LogP contribution in [0.25, 0.3) is 0 Å². The molecule has 0 aromatic heterocycles. The molecule has 7 unspecified atom stereocenters. The fourth-order valence-electron chi connectivity index (χ4n) is 9.21. The predicted molar refractivity (Wildman–Crippen MR) is 352 cm³/mol. The Labute approximate surface area is 539 Å². The van der Waals surface area contributed by atoms with Crippen molar-refractivity contribution in [2.45, 2.75) is 286 Å². The van der Waals surface area contributed by atoms with Crippen molar-refractivity contribution < 1.29 is 91.3 Å². The zero-order chi connectivity index (χ0) is 66.6. The predicted octanol–water partition coefficient (Wildman–Crippen LogP) is 15.1. The highest BCUT2D eigenvalue weighted by molar-refractivity contribution is 5.87. The van der Waals surface area contributed by atoms with Gasteiger partial charge in [-0.05, 0) is 124 Å².